The maximum Gasteiger partial charge on any atom is 0.332 e. The SMILES string of the molecule is COC(=O)Cn1c(CN2CCCCC2C)nc2c1c(=O)n(C)c(=O)n2C. The van der Waals surface area contributed by atoms with E-state index in [1.54, 1.807) is 11.6 Å². The molecule has 1 atom stereocenters. The predicted molar refractivity (Wildman–Crippen MR) is 96.0 cm³/mol. The van der Waals surface area contributed by atoms with Crippen molar-refractivity contribution in [3.63, 3.8) is 0 Å². The quantitative estimate of drug-likeness (QED) is 0.709. The number of aryl methyl sites for hydroxylation is 1. The number of aromatic nitrogens is 4. The van der Waals surface area contributed by atoms with E-state index < -0.39 is 17.2 Å². The van der Waals surface area contributed by atoms with Gasteiger partial charge in [0.1, 0.15) is 12.4 Å². The van der Waals surface area contributed by atoms with Gasteiger partial charge in [-0.2, -0.15) is 0 Å². The van der Waals surface area contributed by atoms with Gasteiger partial charge in [0.05, 0.1) is 13.7 Å². The number of esters is 1. The highest BCUT2D eigenvalue weighted by Gasteiger charge is 2.25. The first-order valence-electron chi connectivity index (χ1n) is 8.81. The topological polar surface area (TPSA) is 91.4 Å². The Morgan fingerprint density at radius 1 is 1.23 bits per heavy atom. The van der Waals surface area contributed by atoms with Crippen LogP contribution >= 0.6 is 0 Å². The molecule has 1 saturated heterocycles. The van der Waals surface area contributed by atoms with Gasteiger partial charge < -0.3 is 9.30 Å². The highest BCUT2D eigenvalue weighted by Crippen LogP contribution is 2.20. The van der Waals surface area contributed by atoms with E-state index in [1.165, 1.54) is 25.1 Å². The molecule has 0 amide bonds. The van der Waals surface area contributed by atoms with Crippen molar-refractivity contribution in [1.29, 1.82) is 0 Å². The number of ether oxygens (including phenoxy) is 1. The number of rotatable bonds is 4. The lowest BCUT2D eigenvalue weighted by Gasteiger charge is -2.32. The van der Waals surface area contributed by atoms with Gasteiger partial charge in [-0.05, 0) is 26.3 Å². The summed E-state index contributed by atoms with van der Waals surface area (Å²) < 4.78 is 8.75. The maximum absolute atomic E-state index is 12.7. The van der Waals surface area contributed by atoms with Crippen LogP contribution in [0.2, 0.25) is 0 Å². The lowest BCUT2D eigenvalue weighted by atomic mass is 10.0. The molecule has 1 fully saturated rings. The largest absolute Gasteiger partial charge is 0.468 e. The van der Waals surface area contributed by atoms with Crippen LogP contribution in [0.15, 0.2) is 9.59 Å². The zero-order chi connectivity index (χ0) is 19.0. The van der Waals surface area contributed by atoms with E-state index in [2.05, 4.69) is 16.8 Å². The van der Waals surface area contributed by atoms with Crippen LogP contribution in [0.3, 0.4) is 0 Å². The number of carbonyl (C=O) groups excluding carboxylic acids is 1. The predicted octanol–water partition coefficient (Wildman–Crippen LogP) is -0.0189. The number of likely N-dealkylation sites (tertiary alicyclic amines) is 1. The van der Waals surface area contributed by atoms with Gasteiger partial charge in [-0.3, -0.25) is 23.6 Å². The van der Waals surface area contributed by atoms with Crippen LogP contribution < -0.4 is 11.2 Å². The summed E-state index contributed by atoms with van der Waals surface area (Å²) in [5, 5.41) is 0. The van der Waals surface area contributed by atoms with Crippen LogP contribution in [0.4, 0.5) is 0 Å². The molecule has 0 bridgehead atoms. The minimum Gasteiger partial charge on any atom is -0.468 e. The molecule has 2 aromatic heterocycles. The van der Waals surface area contributed by atoms with E-state index in [-0.39, 0.29) is 12.1 Å². The zero-order valence-corrected chi connectivity index (χ0v) is 15.7. The van der Waals surface area contributed by atoms with Crippen LogP contribution in [0, 0.1) is 0 Å². The molecule has 26 heavy (non-hydrogen) atoms. The Kier molecular flexibility index (Phi) is 4.99. The number of methoxy groups -OCH3 is 1. The number of hydrogen-bond donors (Lipinski definition) is 0. The van der Waals surface area contributed by atoms with Crippen LogP contribution in [0.1, 0.15) is 32.0 Å². The fourth-order valence-electron chi connectivity index (χ4n) is 3.55. The number of imidazole rings is 1. The van der Waals surface area contributed by atoms with Crippen molar-refractivity contribution >= 4 is 17.1 Å². The minimum atomic E-state index is -0.465. The molecular formula is C17H25N5O4. The zero-order valence-electron chi connectivity index (χ0n) is 15.7. The maximum atomic E-state index is 12.7. The third-order valence-corrected chi connectivity index (χ3v) is 5.23. The number of carbonyl (C=O) groups is 1. The summed E-state index contributed by atoms with van der Waals surface area (Å²) in [6.07, 6.45) is 3.42. The van der Waals surface area contributed by atoms with Crippen molar-refractivity contribution in [1.82, 2.24) is 23.6 Å². The molecule has 1 aliphatic rings. The van der Waals surface area contributed by atoms with Gasteiger partial charge in [0.15, 0.2) is 11.2 Å². The standard InChI is InChI=1S/C17H25N5O4/c1-11-7-5-6-8-21(11)9-12-18-15-14(22(12)10-13(23)26-4)16(24)20(3)17(25)19(15)2/h11H,5-10H2,1-4H3. The van der Waals surface area contributed by atoms with E-state index in [0.717, 1.165) is 24.0 Å². The third-order valence-electron chi connectivity index (χ3n) is 5.23. The van der Waals surface area contributed by atoms with E-state index in [9.17, 15) is 14.4 Å². The third kappa shape index (κ3) is 3.07. The van der Waals surface area contributed by atoms with E-state index in [0.29, 0.717) is 24.1 Å². The molecule has 9 heteroatoms. The van der Waals surface area contributed by atoms with Crippen molar-refractivity contribution in [3.05, 3.63) is 26.7 Å². The average Bonchev–Trinajstić information content (AvgIpc) is 2.98. The monoisotopic (exact) mass is 363 g/mol. The molecular weight excluding hydrogens is 338 g/mol. The summed E-state index contributed by atoms with van der Waals surface area (Å²) in [6, 6.07) is 0.404. The van der Waals surface area contributed by atoms with Gasteiger partial charge in [0.25, 0.3) is 5.56 Å². The first-order valence-corrected chi connectivity index (χ1v) is 8.81. The molecule has 0 saturated carbocycles. The Hall–Kier alpha value is -2.42. The number of piperidine rings is 1. The van der Waals surface area contributed by atoms with Gasteiger partial charge in [0.2, 0.25) is 0 Å². The summed E-state index contributed by atoms with van der Waals surface area (Å²) in [5.74, 6) is 0.130. The van der Waals surface area contributed by atoms with Crippen molar-refractivity contribution in [2.24, 2.45) is 14.1 Å². The lowest BCUT2D eigenvalue weighted by Crippen LogP contribution is -2.38. The minimum absolute atomic E-state index is 0.113. The molecule has 0 radical (unpaired) electrons. The number of fused-ring (bicyclic) bond motifs is 1. The molecule has 142 valence electrons. The van der Waals surface area contributed by atoms with Gasteiger partial charge >= 0.3 is 11.7 Å². The summed E-state index contributed by atoms with van der Waals surface area (Å²) >= 11 is 0. The van der Waals surface area contributed by atoms with E-state index in [1.807, 2.05) is 0 Å². The molecule has 1 unspecified atom stereocenters. The van der Waals surface area contributed by atoms with Crippen LogP contribution in [0.5, 0.6) is 0 Å². The first-order chi connectivity index (χ1) is 12.3. The Morgan fingerprint density at radius 2 is 1.96 bits per heavy atom. The Bertz CT molecular complexity index is 955. The van der Waals surface area contributed by atoms with E-state index in [4.69, 9.17) is 4.74 Å². The van der Waals surface area contributed by atoms with E-state index >= 15 is 0 Å². The molecule has 0 aromatic carbocycles. The normalized spacial score (nSPS) is 18.4. The second kappa shape index (κ2) is 7.06. The van der Waals surface area contributed by atoms with Crippen molar-refractivity contribution in [3.8, 4) is 0 Å². The van der Waals surface area contributed by atoms with Crippen LogP contribution in [-0.4, -0.2) is 49.3 Å². The van der Waals surface area contributed by atoms with Gasteiger partial charge in [0, 0.05) is 20.1 Å². The second-order valence-corrected chi connectivity index (χ2v) is 6.88. The van der Waals surface area contributed by atoms with Crippen LogP contribution in [-0.2, 0) is 36.7 Å². The number of hydrogen-bond acceptors (Lipinski definition) is 6. The van der Waals surface area contributed by atoms with Gasteiger partial charge in [-0.25, -0.2) is 9.78 Å². The Labute approximate surface area is 150 Å². The smallest absolute Gasteiger partial charge is 0.332 e. The highest BCUT2D eigenvalue weighted by molar-refractivity contribution is 5.75. The molecule has 2 aromatic rings. The molecule has 1 aliphatic heterocycles. The number of nitrogens with zero attached hydrogens (tertiary/aromatic N) is 5. The highest BCUT2D eigenvalue weighted by atomic mass is 16.5. The Morgan fingerprint density at radius 3 is 2.62 bits per heavy atom. The summed E-state index contributed by atoms with van der Waals surface area (Å²) in [4.78, 5) is 43.7. The second-order valence-electron chi connectivity index (χ2n) is 6.88. The lowest BCUT2D eigenvalue weighted by molar-refractivity contribution is -0.141. The van der Waals surface area contributed by atoms with Gasteiger partial charge in [-0.1, -0.05) is 6.42 Å². The van der Waals surface area contributed by atoms with Gasteiger partial charge in [-0.15, -0.1) is 0 Å². The van der Waals surface area contributed by atoms with Crippen molar-refractivity contribution < 1.29 is 9.53 Å². The average molecular weight is 363 g/mol. The Balaban J connectivity index is 2.17. The fourth-order valence-corrected chi connectivity index (χ4v) is 3.55. The fraction of sp³-hybridized carbons (Fsp3) is 0.647. The molecule has 0 spiro atoms. The summed E-state index contributed by atoms with van der Waals surface area (Å²) in [5.41, 5.74) is -0.359. The van der Waals surface area contributed by atoms with Crippen molar-refractivity contribution in [2.75, 3.05) is 13.7 Å². The molecule has 9 nitrogen and oxygen atoms in total. The summed E-state index contributed by atoms with van der Waals surface area (Å²) in [7, 11) is 4.31. The van der Waals surface area contributed by atoms with Crippen molar-refractivity contribution in [2.45, 2.75) is 45.3 Å². The molecule has 3 rings (SSSR count). The van der Waals surface area contributed by atoms with Crippen LogP contribution in [0.25, 0.3) is 11.2 Å². The molecule has 0 N–H and O–H groups in total. The molecule has 0 aliphatic carbocycles. The summed E-state index contributed by atoms with van der Waals surface area (Å²) in [6.45, 7) is 3.52. The first kappa shape index (κ1) is 18.4. The molecule has 3 heterocycles.